The summed E-state index contributed by atoms with van der Waals surface area (Å²) in [4.78, 5) is 10.6. The molecule has 1 saturated carbocycles. The Labute approximate surface area is 71.3 Å². The minimum Gasteiger partial charge on any atom is -0.491 e. The number of hydrogen-bond donors (Lipinski definition) is 0. The van der Waals surface area contributed by atoms with E-state index < -0.39 is 0 Å². The van der Waals surface area contributed by atoms with Gasteiger partial charge in [0.05, 0.1) is 12.2 Å². The van der Waals surface area contributed by atoms with Crippen molar-refractivity contribution >= 4 is 5.97 Å². The fourth-order valence-corrected chi connectivity index (χ4v) is 1.65. The van der Waals surface area contributed by atoms with Gasteiger partial charge in [0.2, 0.25) is 0 Å². The zero-order valence-corrected chi connectivity index (χ0v) is 6.91. The summed E-state index contributed by atoms with van der Waals surface area (Å²) < 4.78 is 10.3. The van der Waals surface area contributed by atoms with Crippen LogP contribution in [0, 0.1) is 0 Å². The maximum Gasteiger partial charge on any atom is 0.334 e. The first kappa shape index (κ1) is 7.65. The minimum atomic E-state index is -0.275. The Morgan fingerprint density at radius 2 is 2.17 bits per heavy atom. The highest BCUT2D eigenvalue weighted by molar-refractivity contribution is 5.84. The fourth-order valence-electron chi connectivity index (χ4n) is 1.65. The summed E-state index contributed by atoms with van der Waals surface area (Å²) in [6.07, 6.45) is 6.49. The van der Waals surface area contributed by atoms with Crippen molar-refractivity contribution in [2.24, 2.45) is 0 Å². The van der Waals surface area contributed by atoms with E-state index in [2.05, 4.69) is 0 Å². The maximum absolute atomic E-state index is 10.6. The van der Waals surface area contributed by atoms with Crippen molar-refractivity contribution < 1.29 is 14.3 Å². The second kappa shape index (κ2) is 3.17. The molecule has 12 heavy (non-hydrogen) atoms. The Balaban J connectivity index is 1.86. The molecule has 3 nitrogen and oxygen atoms in total. The van der Waals surface area contributed by atoms with Crippen molar-refractivity contribution in [2.75, 3.05) is 6.61 Å². The van der Waals surface area contributed by atoms with Gasteiger partial charge in [0.15, 0.2) is 0 Å². The fraction of sp³-hybridized carbons (Fsp3) is 0.667. The summed E-state index contributed by atoms with van der Waals surface area (Å²) >= 11 is 0. The van der Waals surface area contributed by atoms with Crippen LogP contribution in [-0.4, -0.2) is 18.7 Å². The molecule has 2 rings (SSSR count). The summed E-state index contributed by atoms with van der Waals surface area (Å²) in [6.45, 7) is 0.329. The zero-order chi connectivity index (χ0) is 8.39. The van der Waals surface area contributed by atoms with Crippen molar-refractivity contribution in [1.82, 2.24) is 0 Å². The van der Waals surface area contributed by atoms with Gasteiger partial charge in [-0.05, 0) is 25.7 Å². The second-order valence-corrected chi connectivity index (χ2v) is 3.24. The van der Waals surface area contributed by atoms with Gasteiger partial charge in [-0.1, -0.05) is 0 Å². The quantitative estimate of drug-likeness (QED) is 0.584. The van der Waals surface area contributed by atoms with Gasteiger partial charge in [0, 0.05) is 0 Å². The molecular formula is C9H12O3. The third kappa shape index (κ3) is 1.60. The topological polar surface area (TPSA) is 35.5 Å². The first-order chi connectivity index (χ1) is 5.84. The average Bonchev–Trinajstić information content (AvgIpc) is 2.63. The normalized spacial score (nSPS) is 24.0. The van der Waals surface area contributed by atoms with Crippen molar-refractivity contribution in [3.63, 3.8) is 0 Å². The lowest BCUT2D eigenvalue weighted by Crippen LogP contribution is -2.07. The Bertz CT molecular complexity index is 214. The number of esters is 1. The number of cyclic esters (lactones) is 1. The highest BCUT2D eigenvalue weighted by Crippen LogP contribution is 2.24. The highest BCUT2D eigenvalue weighted by atomic mass is 16.6. The molecule has 0 spiro atoms. The number of rotatable bonds is 2. The standard InChI is InChI=1S/C9H12O3/c10-9-5-8(6-11-9)12-7-3-1-2-4-7/h5,7H,1-4,6H2. The first-order valence-electron chi connectivity index (χ1n) is 4.38. The molecule has 1 aliphatic carbocycles. The van der Waals surface area contributed by atoms with Crippen molar-refractivity contribution in [3.05, 3.63) is 11.8 Å². The summed E-state index contributed by atoms with van der Waals surface area (Å²) in [5, 5.41) is 0. The predicted molar refractivity (Wildman–Crippen MR) is 42.4 cm³/mol. The molecule has 0 aromatic heterocycles. The van der Waals surface area contributed by atoms with Crippen LogP contribution in [0.2, 0.25) is 0 Å². The largest absolute Gasteiger partial charge is 0.491 e. The smallest absolute Gasteiger partial charge is 0.334 e. The van der Waals surface area contributed by atoms with E-state index in [1.54, 1.807) is 0 Å². The second-order valence-electron chi connectivity index (χ2n) is 3.24. The lowest BCUT2D eigenvalue weighted by atomic mass is 10.3. The van der Waals surface area contributed by atoms with Crippen LogP contribution < -0.4 is 0 Å². The molecule has 0 unspecified atom stereocenters. The predicted octanol–water partition coefficient (Wildman–Crippen LogP) is 1.39. The van der Waals surface area contributed by atoms with Crippen LogP contribution in [0.3, 0.4) is 0 Å². The molecule has 0 atom stereocenters. The van der Waals surface area contributed by atoms with E-state index in [0.29, 0.717) is 18.5 Å². The van der Waals surface area contributed by atoms with Crippen LogP contribution in [0.5, 0.6) is 0 Å². The lowest BCUT2D eigenvalue weighted by Gasteiger charge is -2.11. The van der Waals surface area contributed by atoms with Gasteiger partial charge in [-0.2, -0.15) is 0 Å². The highest BCUT2D eigenvalue weighted by Gasteiger charge is 2.21. The van der Waals surface area contributed by atoms with Crippen LogP contribution in [0.1, 0.15) is 25.7 Å². The molecule has 0 saturated heterocycles. The molecule has 3 heteroatoms. The van der Waals surface area contributed by atoms with E-state index in [4.69, 9.17) is 9.47 Å². The van der Waals surface area contributed by atoms with Crippen LogP contribution >= 0.6 is 0 Å². The van der Waals surface area contributed by atoms with Gasteiger partial charge in [0.1, 0.15) is 12.4 Å². The SMILES string of the molecule is O=C1C=C(OC2CCCC2)CO1. The molecule has 0 aromatic carbocycles. The molecule has 1 aliphatic heterocycles. The third-order valence-electron chi connectivity index (χ3n) is 2.26. The summed E-state index contributed by atoms with van der Waals surface area (Å²) in [5.74, 6) is 0.426. The third-order valence-corrected chi connectivity index (χ3v) is 2.26. The van der Waals surface area contributed by atoms with Crippen molar-refractivity contribution in [3.8, 4) is 0 Å². The zero-order valence-electron chi connectivity index (χ0n) is 6.91. The van der Waals surface area contributed by atoms with Gasteiger partial charge in [-0.15, -0.1) is 0 Å². The van der Waals surface area contributed by atoms with E-state index in [0.717, 1.165) is 12.8 Å². The monoisotopic (exact) mass is 168 g/mol. The van der Waals surface area contributed by atoms with Crippen LogP contribution in [0.4, 0.5) is 0 Å². The first-order valence-corrected chi connectivity index (χ1v) is 4.38. The molecule has 0 N–H and O–H groups in total. The van der Waals surface area contributed by atoms with E-state index >= 15 is 0 Å². The summed E-state index contributed by atoms with van der Waals surface area (Å²) in [7, 11) is 0. The Morgan fingerprint density at radius 3 is 2.75 bits per heavy atom. The molecule has 66 valence electrons. The van der Waals surface area contributed by atoms with Crippen LogP contribution in [-0.2, 0) is 14.3 Å². The maximum atomic E-state index is 10.6. The molecule has 0 bridgehead atoms. The van der Waals surface area contributed by atoms with Gasteiger partial charge in [-0.25, -0.2) is 4.79 Å². The summed E-state index contributed by atoms with van der Waals surface area (Å²) in [5.41, 5.74) is 0. The van der Waals surface area contributed by atoms with E-state index in [9.17, 15) is 4.79 Å². The van der Waals surface area contributed by atoms with Crippen molar-refractivity contribution in [2.45, 2.75) is 31.8 Å². The number of carbonyl (C=O) groups is 1. The van der Waals surface area contributed by atoms with E-state index in [1.807, 2.05) is 0 Å². The molecule has 2 aliphatic rings. The van der Waals surface area contributed by atoms with Gasteiger partial charge in [-0.3, -0.25) is 0 Å². The van der Waals surface area contributed by atoms with Crippen molar-refractivity contribution in [1.29, 1.82) is 0 Å². The van der Waals surface area contributed by atoms with Gasteiger partial charge >= 0.3 is 5.97 Å². The Kier molecular flexibility index (Phi) is 2.02. The lowest BCUT2D eigenvalue weighted by molar-refractivity contribution is -0.135. The Hall–Kier alpha value is -0.990. The number of ether oxygens (including phenoxy) is 2. The number of carbonyl (C=O) groups excluding carboxylic acids is 1. The summed E-state index contributed by atoms with van der Waals surface area (Å²) in [6, 6.07) is 0. The van der Waals surface area contributed by atoms with Crippen LogP contribution in [0.15, 0.2) is 11.8 Å². The van der Waals surface area contributed by atoms with E-state index in [-0.39, 0.29) is 5.97 Å². The van der Waals surface area contributed by atoms with Gasteiger partial charge in [0.25, 0.3) is 0 Å². The molecule has 0 aromatic rings. The Morgan fingerprint density at radius 1 is 1.42 bits per heavy atom. The van der Waals surface area contributed by atoms with Gasteiger partial charge < -0.3 is 9.47 Å². The molecule has 1 heterocycles. The molecular weight excluding hydrogens is 156 g/mol. The average molecular weight is 168 g/mol. The minimum absolute atomic E-state index is 0.275. The molecule has 1 fully saturated rings. The molecule has 0 radical (unpaired) electrons. The number of hydrogen-bond acceptors (Lipinski definition) is 3. The van der Waals surface area contributed by atoms with Crippen LogP contribution in [0.25, 0.3) is 0 Å². The van der Waals surface area contributed by atoms with E-state index in [1.165, 1.54) is 18.9 Å². The molecule has 0 amide bonds.